The van der Waals surface area contributed by atoms with E-state index in [9.17, 15) is 15.3 Å². The number of halogens is 1. The van der Waals surface area contributed by atoms with Crippen molar-refractivity contribution in [3.63, 3.8) is 0 Å². The van der Waals surface area contributed by atoms with Gasteiger partial charge in [-0.15, -0.1) is 0 Å². The molecule has 1 unspecified atom stereocenters. The van der Waals surface area contributed by atoms with Crippen LogP contribution in [0.15, 0.2) is 35.4 Å². The summed E-state index contributed by atoms with van der Waals surface area (Å²) in [7, 11) is 0. The van der Waals surface area contributed by atoms with Gasteiger partial charge in [0.15, 0.2) is 0 Å². The number of carbonyl (C=O) groups excluding carboxylic acids is 1. The lowest BCUT2D eigenvalue weighted by Crippen LogP contribution is -2.19. The molecule has 0 saturated carbocycles. The number of aromatic nitrogens is 1. The number of amides is 1. The molecule has 24 heavy (non-hydrogen) atoms. The summed E-state index contributed by atoms with van der Waals surface area (Å²) in [6.45, 7) is 1.82. The van der Waals surface area contributed by atoms with Gasteiger partial charge in [-0.1, -0.05) is 60.6 Å². The molecule has 5 nitrogen and oxygen atoms in total. The smallest absolute Gasteiger partial charge is 0.235 e. The van der Waals surface area contributed by atoms with Crippen molar-refractivity contribution in [1.82, 2.24) is 4.98 Å². The van der Waals surface area contributed by atoms with Crippen molar-refractivity contribution in [2.24, 2.45) is 5.73 Å². The third-order valence-electron chi connectivity index (χ3n) is 3.39. The van der Waals surface area contributed by atoms with Crippen LogP contribution in [0.25, 0.3) is 0 Å². The van der Waals surface area contributed by atoms with Gasteiger partial charge < -0.3 is 5.73 Å². The van der Waals surface area contributed by atoms with Gasteiger partial charge in [-0.05, 0) is 17.5 Å². The third kappa shape index (κ3) is 3.51. The summed E-state index contributed by atoms with van der Waals surface area (Å²) in [5.41, 5.74) is 7.20. The summed E-state index contributed by atoms with van der Waals surface area (Å²) in [6.07, 6.45) is 0.453. The number of rotatable bonds is 5. The zero-order valence-corrected chi connectivity index (χ0v) is 14.4. The second-order valence-corrected chi connectivity index (χ2v) is 6.28. The molecular formula is C17H13ClN4OS. The highest BCUT2D eigenvalue weighted by Crippen LogP contribution is 2.38. The van der Waals surface area contributed by atoms with E-state index >= 15 is 0 Å². The van der Waals surface area contributed by atoms with Crippen molar-refractivity contribution in [3.05, 3.63) is 57.7 Å². The van der Waals surface area contributed by atoms with Crippen LogP contribution >= 0.6 is 23.4 Å². The molecule has 0 fully saturated rings. The molecule has 1 aromatic carbocycles. The monoisotopic (exact) mass is 356 g/mol. The first-order chi connectivity index (χ1) is 11.5. The van der Waals surface area contributed by atoms with E-state index in [1.165, 1.54) is 0 Å². The molecule has 0 aliphatic rings. The van der Waals surface area contributed by atoms with Crippen LogP contribution in [0.5, 0.6) is 0 Å². The number of nitriles is 2. The molecule has 120 valence electrons. The fourth-order valence-corrected chi connectivity index (χ4v) is 3.63. The van der Waals surface area contributed by atoms with Gasteiger partial charge in [0.2, 0.25) is 5.91 Å². The van der Waals surface area contributed by atoms with Gasteiger partial charge in [0, 0.05) is 0 Å². The van der Waals surface area contributed by atoms with E-state index in [1.54, 1.807) is 24.3 Å². The van der Waals surface area contributed by atoms with Crippen molar-refractivity contribution in [1.29, 1.82) is 10.5 Å². The number of nitrogens with two attached hydrogens (primary N) is 1. The first-order valence-electron chi connectivity index (χ1n) is 7.06. The zero-order chi connectivity index (χ0) is 17.7. The Kier molecular flexibility index (Phi) is 5.81. The molecule has 2 N–H and O–H groups in total. The quantitative estimate of drug-likeness (QED) is 0.653. The highest BCUT2D eigenvalue weighted by atomic mass is 35.5. The number of benzene rings is 1. The lowest BCUT2D eigenvalue weighted by atomic mass is 10.0. The Balaban J connectivity index is 2.56. The third-order valence-corrected chi connectivity index (χ3v) is 4.92. The topological polar surface area (TPSA) is 104 Å². The molecule has 7 heteroatoms. The van der Waals surface area contributed by atoms with E-state index in [4.69, 9.17) is 17.3 Å². The van der Waals surface area contributed by atoms with Crippen molar-refractivity contribution in [2.45, 2.75) is 23.6 Å². The van der Waals surface area contributed by atoms with Crippen LogP contribution < -0.4 is 5.73 Å². The van der Waals surface area contributed by atoms with E-state index in [0.29, 0.717) is 22.6 Å². The van der Waals surface area contributed by atoms with Crippen LogP contribution in [0, 0.1) is 22.7 Å². The summed E-state index contributed by atoms with van der Waals surface area (Å²) in [5.74, 6) is -0.546. The van der Waals surface area contributed by atoms with Crippen LogP contribution in [0.4, 0.5) is 0 Å². The molecule has 2 aromatic rings. The standard InChI is InChI=1S/C17H13ClN4OS/c1-2-11-12(8-19)15(18)22-17(13(11)9-20)24-14(16(21)23)10-6-4-3-5-7-10/h3-7,14H,2H2,1H3,(H2,21,23). The Bertz CT molecular complexity index is 856. The molecule has 1 heterocycles. The van der Waals surface area contributed by atoms with Crippen molar-refractivity contribution in [2.75, 3.05) is 0 Å². The lowest BCUT2D eigenvalue weighted by molar-refractivity contribution is -0.117. The Hall–Kier alpha value is -2.54. The predicted molar refractivity (Wildman–Crippen MR) is 92.3 cm³/mol. The van der Waals surface area contributed by atoms with Crippen LogP contribution in [0.3, 0.4) is 0 Å². The molecular weight excluding hydrogens is 344 g/mol. The number of nitrogens with zero attached hydrogens (tertiary/aromatic N) is 3. The van der Waals surface area contributed by atoms with Gasteiger partial charge in [0.25, 0.3) is 0 Å². The average molecular weight is 357 g/mol. The minimum absolute atomic E-state index is 0.0205. The highest BCUT2D eigenvalue weighted by molar-refractivity contribution is 8.00. The van der Waals surface area contributed by atoms with Crippen LogP contribution in [0.2, 0.25) is 5.15 Å². The second kappa shape index (κ2) is 7.83. The van der Waals surface area contributed by atoms with Crippen LogP contribution in [-0.4, -0.2) is 10.9 Å². The van der Waals surface area contributed by atoms with Gasteiger partial charge >= 0.3 is 0 Å². The fourth-order valence-electron chi connectivity index (χ4n) is 2.28. The number of pyridine rings is 1. The van der Waals surface area contributed by atoms with Gasteiger partial charge in [-0.2, -0.15) is 10.5 Å². The minimum atomic E-state index is -0.709. The van der Waals surface area contributed by atoms with Gasteiger partial charge in [-0.3, -0.25) is 4.79 Å². The number of primary amides is 1. The zero-order valence-electron chi connectivity index (χ0n) is 12.8. The largest absolute Gasteiger partial charge is 0.368 e. The van der Waals surface area contributed by atoms with E-state index in [1.807, 2.05) is 19.1 Å². The molecule has 0 aliphatic heterocycles. The van der Waals surface area contributed by atoms with E-state index < -0.39 is 11.2 Å². The van der Waals surface area contributed by atoms with E-state index in [2.05, 4.69) is 11.1 Å². The first kappa shape index (κ1) is 17.8. The second-order valence-electron chi connectivity index (χ2n) is 4.82. The van der Waals surface area contributed by atoms with Gasteiger partial charge in [0.05, 0.1) is 11.1 Å². The Morgan fingerprint density at radius 1 is 1.29 bits per heavy atom. The molecule has 1 atom stereocenters. The molecule has 2 rings (SSSR count). The Morgan fingerprint density at radius 2 is 1.92 bits per heavy atom. The fraction of sp³-hybridized carbons (Fsp3) is 0.176. The maximum atomic E-state index is 11.9. The number of carbonyl (C=O) groups is 1. The highest BCUT2D eigenvalue weighted by Gasteiger charge is 2.25. The summed E-state index contributed by atoms with van der Waals surface area (Å²) in [4.78, 5) is 16.0. The summed E-state index contributed by atoms with van der Waals surface area (Å²) >= 11 is 7.14. The molecule has 0 bridgehead atoms. The Labute approximate surface area is 149 Å². The lowest BCUT2D eigenvalue weighted by Gasteiger charge is -2.16. The first-order valence-corrected chi connectivity index (χ1v) is 8.32. The summed E-state index contributed by atoms with van der Waals surface area (Å²) in [5, 5.41) is 18.3. The van der Waals surface area contributed by atoms with Gasteiger partial charge in [-0.25, -0.2) is 4.98 Å². The average Bonchev–Trinajstić information content (AvgIpc) is 2.59. The SMILES string of the molecule is CCc1c(C#N)c(Cl)nc(SC(C(N)=O)c2ccccc2)c1C#N. The van der Waals surface area contributed by atoms with Crippen molar-refractivity contribution >= 4 is 29.3 Å². The van der Waals surface area contributed by atoms with Crippen LogP contribution in [0.1, 0.15) is 34.4 Å². The molecule has 0 spiro atoms. The molecule has 0 aliphatic carbocycles. The van der Waals surface area contributed by atoms with E-state index in [-0.39, 0.29) is 16.3 Å². The van der Waals surface area contributed by atoms with Gasteiger partial charge in [0.1, 0.15) is 27.6 Å². The normalized spacial score (nSPS) is 11.3. The molecule has 1 aromatic heterocycles. The van der Waals surface area contributed by atoms with E-state index in [0.717, 1.165) is 11.8 Å². The number of hydrogen-bond donors (Lipinski definition) is 1. The summed E-state index contributed by atoms with van der Waals surface area (Å²) in [6, 6.07) is 13.0. The molecule has 0 saturated heterocycles. The molecule has 0 radical (unpaired) electrons. The molecule has 1 amide bonds. The van der Waals surface area contributed by atoms with Crippen molar-refractivity contribution in [3.8, 4) is 12.1 Å². The van der Waals surface area contributed by atoms with Crippen molar-refractivity contribution < 1.29 is 4.79 Å². The summed E-state index contributed by atoms with van der Waals surface area (Å²) < 4.78 is 0. The minimum Gasteiger partial charge on any atom is -0.368 e. The maximum Gasteiger partial charge on any atom is 0.235 e. The maximum absolute atomic E-state index is 11.9. The Morgan fingerprint density at radius 3 is 2.42 bits per heavy atom. The number of hydrogen-bond acceptors (Lipinski definition) is 5. The van der Waals surface area contributed by atoms with Crippen LogP contribution in [-0.2, 0) is 11.2 Å². The number of thioether (sulfide) groups is 1. The predicted octanol–water partition coefficient (Wildman–Crippen LogP) is 3.36.